The number of imide groups is 1. The second kappa shape index (κ2) is 6.71. The van der Waals surface area contributed by atoms with Crippen LogP contribution in [-0.2, 0) is 9.59 Å². The van der Waals surface area contributed by atoms with Crippen LogP contribution < -0.4 is 4.90 Å². The van der Waals surface area contributed by atoms with Gasteiger partial charge in [-0.1, -0.05) is 24.3 Å². The Morgan fingerprint density at radius 2 is 1.54 bits per heavy atom. The van der Waals surface area contributed by atoms with Crippen molar-refractivity contribution in [1.82, 2.24) is 5.01 Å². The van der Waals surface area contributed by atoms with Crippen molar-refractivity contribution in [2.75, 3.05) is 18.0 Å². The summed E-state index contributed by atoms with van der Waals surface area (Å²) in [7, 11) is 0. The number of nitrogens with zero attached hydrogens (tertiary/aromatic N) is 3. The molecule has 4 aliphatic rings. The van der Waals surface area contributed by atoms with Gasteiger partial charge in [-0.15, -0.1) is 0 Å². The molecule has 0 N–H and O–H groups in total. The zero-order valence-corrected chi connectivity index (χ0v) is 15.3. The molecule has 1 aromatic rings. The van der Waals surface area contributed by atoms with Crippen LogP contribution in [0.15, 0.2) is 41.5 Å². The van der Waals surface area contributed by atoms with Crippen LogP contribution in [-0.4, -0.2) is 36.1 Å². The van der Waals surface area contributed by atoms with E-state index in [9.17, 15) is 9.59 Å². The fraction of sp³-hybridized carbons (Fsp3) is 0.476. The van der Waals surface area contributed by atoms with E-state index in [1.807, 2.05) is 24.3 Å². The van der Waals surface area contributed by atoms with E-state index in [0.29, 0.717) is 0 Å². The highest BCUT2D eigenvalue weighted by Crippen LogP contribution is 2.49. The standard InChI is InChI=1S/C21H25N3O2/c1-3-23(4-2)17-11-5-14(6-12-17)13-22-24-20(25)18-15-7-8-16(10-9-15)19(18)21(24)26/h5-8,11-13,15-16,18-19H,3-4,9-10H2,1-2H3/b22-13-/t15-,16-,18+,19+/m0/s1. The third-order valence-corrected chi connectivity index (χ3v) is 6.08. The fourth-order valence-electron chi connectivity index (χ4n) is 4.66. The van der Waals surface area contributed by atoms with Gasteiger partial charge in [0, 0.05) is 18.8 Å². The molecule has 2 amide bonds. The quantitative estimate of drug-likeness (QED) is 0.465. The highest BCUT2D eigenvalue weighted by molar-refractivity contribution is 6.06. The number of amides is 2. The number of rotatable bonds is 5. The second-order valence-electron chi connectivity index (χ2n) is 7.34. The molecule has 0 spiro atoms. The van der Waals surface area contributed by atoms with Crippen molar-refractivity contribution in [3.8, 4) is 0 Å². The molecule has 2 bridgehead atoms. The zero-order valence-electron chi connectivity index (χ0n) is 15.3. The Balaban J connectivity index is 1.51. The molecule has 1 heterocycles. The Morgan fingerprint density at radius 1 is 1.00 bits per heavy atom. The van der Waals surface area contributed by atoms with Crippen LogP contribution in [0.25, 0.3) is 0 Å². The maximum atomic E-state index is 12.7. The van der Waals surface area contributed by atoms with E-state index >= 15 is 0 Å². The number of fused-ring (bicyclic) bond motifs is 1. The van der Waals surface area contributed by atoms with E-state index in [1.165, 1.54) is 0 Å². The number of hydrogen-bond acceptors (Lipinski definition) is 4. The van der Waals surface area contributed by atoms with Gasteiger partial charge in [-0.3, -0.25) is 9.59 Å². The van der Waals surface area contributed by atoms with Crippen LogP contribution >= 0.6 is 0 Å². The van der Waals surface area contributed by atoms with Gasteiger partial charge in [0.1, 0.15) is 0 Å². The summed E-state index contributed by atoms with van der Waals surface area (Å²) in [5.74, 6) is -0.253. The van der Waals surface area contributed by atoms with Crippen LogP contribution in [0, 0.1) is 23.7 Å². The van der Waals surface area contributed by atoms with Crippen molar-refractivity contribution in [2.45, 2.75) is 26.7 Å². The van der Waals surface area contributed by atoms with E-state index < -0.39 is 0 Å². The Labute approximate surface area is 154 Å². The lowest BCUT2D eigenvalue weighted by Crippen LogP contribution is -2.38. The van der Waals surface area contributed by atoms with Crippen molar-refractivity contribution in [3.05, 3.63) is 42.0 Å². The molecule has 5 heteroatoms. The van der Waals surface area contributed by atoms with Crippen molar-refractivity contribution >= 4 is 23.7 Å². The summed E-state index contributed by atoms with van der Waals surface area (Å²) in [6.07, 6.45) is 7.88. The number of benzene rings is 1. The molecule has 1 saturated heterocycles. The molecular formula is C21H25N3O2. The van der Waals surface area contributed by atoms with Gasteiger partial charge in [-0.05, 0) is 56.2 Å². The molecule has 1 aliphatic heterocycles. The minimum atomic E-state index is -0.201. The predicted molar refractivity (Wildman–Crippen MR) is 102 cm³/mol. The molecular weight excluding hydrogens is 326 g/mol. The normalized spacial score (nSPS) is 29.7. The van der Waals surface area contributed by atoms with Gasteiger partial charge in [0.25, 0.3) is 11.8 Å². The van der Waals surface area contributed by atoms with Gasteiger partial charge in [-0.25, -0.2) is 0 Å². The second-order valence-corrected chi connectivity index (χ2v) is 7.34. The molecule has 0 aromatic heterocycles. The monoisotopic (exact) mass is 351 g/mol. The summed E-state index contributed by atoms with van der Waals surface area (Å²) in [6.45, 7) is 6.18. The molecule has 0 radical (unpaired) electrons. The number of anilines is 1. The summed E-state index contributed by atoms with van der Waals surface area (Å²) >= 11 is 0. The predicted octanol–water partition coefficient (Wildman–Crippen LogP) is 3.06. The number of hydrazone groups is 1. The van der Waals surface area contributed by atoms with Crippen LogP contribution in [0.3, 0.4) is 0 Å². The fourth-order valence-corrected chi connectivity index (χ4v) is 4.66. The van der Waals surface area contributed by atoms with Crippen LogP contribution in [0.4, 0.5) is 5.69 Å². The largest absolute Gasteiger partial charge is 0.372 e. The molecule has 1 aromatic carbocycles. The highest BCUT2D eigenvalue weighted by Gasteiger charge is 2.56. The summed E-state index contributed by atoms with van der Waals surface area (Å²) in [5, 5.41) is 5.38. The molecule has 4 atom stereocenters. The highest BCUT2D eigenvalue weighted by atomic mass is 16.2. The van der Waals surface area contributed by atoms with Gasteiger partial charge < -0.3 is 4.90 Å². The van der Waals surface area contributed by atoms with Crippen LogP contribution in [0.5, 0.6) is 0 Å². The first-order chi connectivity index (χ1) is 12.6. The minimum absolute atomic E-state index is 0.130. The summed E-state index contributed by atoms with van der Waals surface area (Å²) in [4.78, 5) is 27.7. The third-order valence-electron chi connectivity index (χ3n) is 6.08. The van der Waals surface area contributed by atoms with Crippen molar-refractivity contribution in [2.24, 2.45) is 28.8 Å². The maximum Gasteiger partial charge on any atom is 0.254 e. The lowest BCUT2D eigenvalue weighted by molar-refractivity contribution is -0.140. The van der Waals surface area contributed by atoms with Gasteiger partial charge in [0.05, 0.1) is 18.1 Å². The Bertz CT molecular complexity index is 732. The number of carbonyl (C=O) groups excluding carboxylic acids is 2. The Morgan fingerprint density at radius 3 is 2.00 bits per heavy atom. The van der Waals surface area contributed by atoms with Gasteiger partial charge in [-0.2, -0.15) is 10.1 Å². The topological polar surface area (TPSA) is 53.0 Å². The molecule has 2 fully saturated rings. The van der Waals surface area contributed by atoms with E-state index in [2.05, 4.69) is 36.0 Å². The molecule has 3 aliphatic carbocycles. The smallest absolute Gasteiger partial charge is 0.254 e. The molecule has 136 valence electrons. The molecule has 1 saturated carbocycles. The van der Waals surface area contributed by atoms with E-state index in [0.717, 1.165) is 42.2 Å². The Hall–Kier alpha value is -2.43. The van der Waals surface area contributed by atoms with Crippen LogP contribution in [0.2, 0.25) is 0 Å². The molecule has 0 unspecified atom stereocenters. The maximum absolute atomic E-state index is 12.7. The van der Waals surface area contributed by atoms with Crippen molar-refractivity contribution in [3.63, 3.8) is 0 Å². The van der Waals surface area contributed by atoms with Gasteiger partial charge >= 0.3 is 0 Å². The zero-order chi connectivity index (χ0) is 18.3. The molecule has 26 heavy (non-hydrogen) atoms. The summed E-state index contributed by atoms with van der Waals surface area (Å²) < 4.78 is 0. The van der Waals surface area contributed by atoms with E-state index in [4.69, 9.17) is 0 Å². The first kappa shape index (κ1) is 17.0. The Kier molecular flexibility index (Phi) is 4.39. The van der Waals surface area contributed by atoms with Crippen LogP contribution in [0.1, 0.15) is 32.3 Å². The lowest BCUT2D eigenvalue weighted by atomic mass is 9.63. The number of allylic oxidation sites excluding steroid dienone is 2. The van der Waals surface area contributed by atoms with Gasteiger partial charge in [0.2, 0.25) is 0 Å². The first-order valence-electron chi connectivity index (χ1n) is 9.59. The first-order valence-corrected chi connectivity index (χ1v) is 9.59. The molecule has 5 rings (SSSR count). The number of hydrogen-bond donors (Lipinski definition) is 0. The van der Waals surface area contributed by atoms with Crippen molar-refractivity contribution in [1.29, 1.82) is 0 Å². The average molecular weight is 351 g/mol. The molecule has 5 nitrogen and oxygen atoms in total. The SMILES string of the molecule is CCN(CC)c1ccc(/C=N\N2C(=O)[C@H]3[C@H](C2=O)[C@H]2C=C[C@H]3CC2)cc1. The van der Waals surface area contributed by atoms with Gasteiger partial charge in [0.15, 0.2) is 0 Å². The van der Waals surface area contributed by atoms with Crippen molar-refractivity contribution < 1.29 is 9.59 Å². The summed E-state index contributed by atoms with van der Waals surface area (Å²) in [6, 6.07) is 8.04. The lowest BCUT2D eigenvalue weighted by Gasteiger charge is -2.37. The third kappa shape index (κ3) is 2.66. The van der Waals surface area contributed by atoms with E-state index in [1.54, 1.807) is 6.21 Å². The minimum Gasteiger partial charge on any atom is -0.372 e. The average Bonchev–Trinajstić information content (AvgIpc) is 2.96. The van der Waals surface area contributed by atoms with E-state index in [-0.39, 0.29) is 35.5 Å². The number of carbonyl (C=O) groups is 2. The summed E-state index contributed by atoms with van der Waals surface area (Å²) in [5.41, 5.74) is 2.05.